The van der Waals surface area contributed by atoms with Gasteiger partial charge in [0.25, 0.3) is 5.91 Å². The number of pyridine rings is 1. The second kappa shape index (κ2) is 5.08. The minimum absolute atomic E-state index is 0.150. The van der Waals surface area contributed by atoms with E-state index in [1.807, 2.05) is 6.92 Å². The number of fused-ring (bicyclic) bond motifs is 1. The molecule has 3 aromatic heterocycles. The molecule has 0 saturated carbocycles. The van der Waals surface area contributed by atoms with Gasteiger partial charge in [-0.25, -0.2) is 4.98 Å². The van der Waals surface area contributed by atoms with E-state index in [0.29, 0.717) is 12.1 Å². The van der Waals surface area contributed by atoms with Crippen LogP contribution >= 0.6 is 0 Å². The smallest absolute Gasteiger partial charge is 0.253 e. The molecule has 0 bridgehead atoms. The Bertz CT molecular complexity index is 748. The number of nitrogens with one attached hydrogen (secondary N) is 1. The summed E-state index contributed by atoms with van der Waals surface area (Å²) in [6.45, 7) is 2.23. The summed E-state index contributed by atoms with van der Waals surface area (Å²) in [5.41, 5.74) is 2.97. The number of imidazole rings is 1. The predicted molar refractivity (Wildman–Crippen MR) is 73.1 cm³/mol. The Morgan fingerprint density at radius 1 is 1.25 bits per heavy atom. The third-order valence-corrected chi connectivity index (χ3v) is 2.92. The van der Waals surface area contributed by atoms with Gasteiger partial charge in [0.1, 0.15) is 5.65 Å². The molecule has 6 heteroatoms. The number of aromatic nitrogens is 4. The zero-order valence-corrected chi connectivity index (χ0v) is 10.9. The first-order chi connectivity index (χ1) is 9.72. The van der Waals surface area contributed by atoms with Gasteiger partial charge in [0.15, 0.2) is 0 Å². The summed E-state index contributed by atoms with van der Waals surface area (Å²) in [6.07, 6.45) is 8.59. The second-order valence-corrected chi connectivity index (χ2v) is 4.44. The molecule has 100 valence electrons. The lowest BCUT2D eigenvalue weighted by molar-refractivity contribution is 0.0950. The van der Waals surface area contributed by atoms with Gasteiger partial charge in [0.05, 0.1) is 29.7 Å². The normalized spacial score (nSPS) is 10.7. The number of aryl methyl sites for hydroxylation is 1. The van der Waals surface area contributed by atoms with E-state index in [1.54, 1.807) is 47.5 Å². The summed E-state index contributed by atoms with van der Waals surface area (Å²) in [5.74, 6) is -0.150. The van der Waals surface area contributed by atoms with E-state index in [-0.39, 0.29) is 5.91 Å². The molecule has 0 aromatic carbocycles. The van der Waals surface area contributed by atoms with Crippen LogP contribution in [0.5, 0.6) is 0 Å². The third kappa shape index (κ3) is 2.49. The van der Waals surface area contributed by atoms with Crippen LogP contribution in [-0.4, -0.2) is 25.3 Å². The molecule has 1 amide bonds. The standard InChI is InChI=1S/C14H13N5O/c1-10-6-17-12(7-16-10)8-18-14(20)11-2-3-13-15-4-5-19(13)9-11/h2-7,9H,8H2,1H3,(H,18,20). The number of carbonyl (C=O) groups is 1. The summed E-state index contributed by atoms with van der Waals surface area (Å²) in [7, 11) is 0. The molecule has 0 atom stereocenters. The van der Waals surface area contributed by atoms with Crippen LogP contribution in [-0.2, 0) is 6.54 Å². The molecule has 0 saturated heterocycles. The largest absolute Gasteiger partial charge is 0.346 e. The van der Waals surface area contributed by atoms with Gasteiger partial charge in [0, 0.05) is 24.8 Å². The van der Waals surface area contributed by atoms with Crippen molar-refractivity contribution in [3.05, 3.63) is 60.1 Å². The fraction of sp³-hybridized carbons (Fsp3) is 0.143. The van der Waals surface area contributed by atoms with Gasteiger partial charge in [-0.3, -0.25) is 14.8 Å². The van der Waals surface area contributed by atoms with Gasteiger partial charge in [-0.05, 0) is 19.1 Å². The number of hydrogen-bond donors (Lipinski definition) is 1. The highest BCUT2D eigenvalue weighted by molar-refractivity contribution is 5.94. The molecule has 3 rings (SSSR count). The van der Waals surface area contributed by atoms with Crippen molar-refractivity contribution in [2.24, 2.45) is 0 Å². The van der Waals surface area contributed by atoms with Crippen LogP contribution in [0.1, 0.15) is 21.7 Å². The van der Waals surface area contributed by atoms with Crippen molar-refractivity contribution in [3.8, 4) is 0 Å². The maximum Gasteiger partial charge on any atom is 0.253 e. The fourth-order valence-corrected chi connectivity index (χ4v) is 1.84. The number of nitrogens with zero attached hydrogens (tertiary/aromatic N) is 4. The Morgan fingerprint density at radius 3 is 2.95 bits per heavy atom. The summed E-state index contributed by atoms with van der Waals surface area (Å²) in [6, 6.07) is 3.55. The average molecular weight is 267 g/mol. The topological polar surface area (TPSA) is 72.2 Å². The van der Waals surface area contributed by atoms with E-state index < -0.39 is 0 Å². The molecule has 1 N–H and O–H groups in total. The Morgan fingerprint density at radius 2 is 2.15 bits per heavy atom. The Labute approximate surface area is 115 Å². The second-order valence-electron chi connectivity index (χ2n) is 4.44. The van der Waals surface area contributed by atoms with Crippen LogP contribution < -0.4 is 5.32 Å². The quantitative estimate of drug-likeness (QED) is 0.777. The Kier molecular flexibility index (Phi) is 3.12. The zero-order valence-electron chi connectivity index (χ0n) is 10.9. The lowest BCUT2D eigenvalue weighted by Gasteiger charge is -2.05. The number of carbonyl (C=O) groups excluding carboxylic acids is 1. The first kappa shape index (κ1) is 12.3. The predicted octanol–water partition coefficient (Wildman–Crippen LogP) is 1.36. The zero-order chi connectivity index (χ0) is 13.9. The molecule has 0 aliphatic carbocycles. The lowest BCUT2D eigenvalue weighted by Crippen LogP contribution is -2.23. The highest BCUT2D eigenvalue weighted by atomic mass is 16.1. The minimum Gasteiger partial charge on any atom is -0.346 e. The SMILES string of the molecule is Cc1cnc(CNC(=O)c2ccc3nccn3c2)cn1. The van der Waals surface area contributed by atoms with Gasteiger partial charge < -0.3 is 9.72 Å². The Hall–Kier alpha value is -2.76. The Balaban J connectivity index is 1.70. The summed E-state index contributed by atoms with van der Waals surface area (Å²) in [5, 5.41) is 2.82. The molecule has 0 aliphatic rings. The summed E-state index contributed by atoms with van der Waals surface area (Å²) < 4.78 is 1.81. The third-order valence-electron chi connectivity index (χ3n) is 2.92. The molecular weight excluding hydrogens is 254 g/mol. The van der Waals surface area contributed by atoms with Gasteiger partial charge in [-0.15, -0.1) is 0 Å². The van der Waals surface area contributed by atoms with E-state index in [4.69, 9.17) is 0 Å². The van der Waals surface area contributed by atoms with E-state index in [1.165, 1.54) is 0 Å². The maximum absolute atomic E-state index is 12.1. The van der Waals surface area contributed by atoms with Crippen LogP contribution in [0.4, 0.5) is 0 Å². The van der Waals surface area contributed by atoms with Crippen molar-refractivity contribution < 1.29 is 4.79 Å². The molecule has 20 heavy (non-hydrogen) atoms. The molecule has 3 heterocycles. The molecule has 3 aromatic rings. The molecule has 0 radical (unpaired) electrons. The van der Waals surface area contributed by atoms with Gasteiger partial charge in [0.2, 0.25) is 0 Å². The monoisotopic (exact) mass is 267 g/mol. The first-order valence-corrected chi connectivity index (χ1v) is 6.21. The van der Waals surface area contributed by atoms with Crippen LogP contribution in [0.2, 0.25) is 0 Å². The van der Waals surface area contributed by atoms with Crippen LogP contribution in [0.3, 0.4) is 0 Å². The van der Waals surface area contributed by atoms with E-state index in [9.17, 15) is 4.79 Å². The molecule has 0 fully saturated rings. The van der Waals surface area contributed by atoms with Crippen molar-refractivity contribution in [1.29, 1.82) is 0 Å². The number of amides is 1. The van der Waals surface area contributed by atoms with Gasteiger partial charge in [-0.1, -0.05) is 0 Å². The lowest BCUT2D eigenvalue weighted by atomic mass is 10.2. The van der Waals surface area contributed by atoms with Crippen LogP contribution in [0, 0.1) is 6.92 Å². The van der Waals surface area contributed by atoms with Gasteiger partial charge >= 0.3 is 0 Å². The average Bonchev–Trinajstić information content (AvgIpc) is 2.93. The van der Waals surface area contributed by atoms with Crippen molar-refractivity contribution in [2.45, 2.75) is 13.5 Å². The summed E-state index contributed by atoms with van der Waals surface area (Å²) in [4.78, 5) is 24.5. The first-order valence-electron chi connectivity index (χ1n) is 6.21. The van der Waals surface area contributed by atoms with E-state index >= 15 is 0 Å². The molecule has 0 spiro atoms. The number of hydrogen-bond acceptors (Lipinski definition) is 4. The molecule has 6 nitrogen and oxygen atoms in total. The van der Waals surface area contributed by atoms with Crippen molar-refractivity contribution in [3.63, 3.8) is 0 Å². The van der Waals surface area contributed by atoms with Crippen molar-refractivity contribution in [1.82, 2.24) is 24.7 Å². The highest BCUT2D eigenvalue weighted by Crippen LogP contribution is 2.05. The van der Waals surface area contributed by atoms with Crippen LogP contribution in [0.25, 0.3) is 5.65 Å². The molecule has 0 unspecified atom stereocenters. The molecule has 0 aliphatic heterocycles. The van der Waals surface area contributed by atoms with E-state index in [0.717, 1.165) is 17.0 Å². The summed E-state index contributed by atoms with van der Waals surface area (Å²) >= 11 is 0. The fourth-order valence-electron chi connectivity index (χ4n) is 1.84. The molecular formula is C14H13N5O. The van der Waals surface area contributed by atoms with E-state index in [2.05, 4.69) is 20.3 Å². The minimum atomic E-state index is -0.150. The maximum atomic E-state index is 12.1. The van der Waals surface area contributed by atoms with Crippen molar-refractivity contribution >= 4 is 11.6 Å². The van der Waals surface area contributed by atoms with Crippen molar-refractivity contribution in [2.75, 3.05) is 0 Å². The number of rotatable bonds is 3. The highest BCUT2D eigenvalue weighted by Gasteiger charge is 2.07. The van der Waals surface area contributed by atoms with Gasteiger partial charge in [-0.2, -0.15) is 0 Å². The van der Waals surface area contributed by atoms with Crippen LogP contribution in [0.15, 0.2) is 43.1 Å².